The second-order valence-electron chi connectivity index (χ2n) is 4.91. The van der Waals surface area contributed by atoms with E-state index in [0.717, 1.165) is 22.9 Å². The number of pyridine rings is 1. The predicted molar refractivity (Wildman–Crippen MR) is 87.5 cm³/mol. The van der Waals surface area contributed by atoms with Crippen molar-refractivity contribution in [2.45, 2.75) is 0 Å². The Morgan fingerprint density at radius 3 is 2.70 bits per heavy atom. The van der Waals surface area contributed by atoms with Crippen molar-refractivity contribution in [1.29, 1.82) is 0 Å². The van der Waals surface area contributed by atoms with E-state index in [1.54, 1.807) is 24.4 Å². The van der Waals surface area contributed by atoms with Crippen molar-refractivity contribution in [1.82, 2.24) is 10.3 Å². The van der Waals surface area contributed by atoms with Crippen LogP contribution in [0, 0.1) is 0 Å². The van der Waals surface area contributed by atoms with Crippen LogP contribution in [0.25, 0.3) is 0 Å². The van der Waals surface area contributed by atoms with Gasteiger partial charge in [-0.05, 0) is 24.3 Å². The number of hydrogen-bond acceptors (Lipinski definition) is 5. The quantitative estimate of drug-likeness (QED) is 0.830. The molecule has 0 aliphatic carbocycles. The normalized spacial score (nSPS) is 12.3. The van der Waals surface area contributed by atoms with Gasteiger partial charge in [-0.15, -0.1) is 6.58 Å². The summed E-state index contributed by atoms with van der Waals surface area (Å²) in [5.74, 6) is 1.24. The summed E-state index contributed by atoms with van der Waals surface area (Å²) in [6, 6.07) is 9.10. The fraction of sp³-hybridized carbons (Fsp3) is 0.176. The number of carbonyl (C=O) groups is 1. The van der Waals surface area contributed by atoms with E-state index in [2.05, 4.69) is 22.2 Å². The minimum atomic E-state index is -0.226. The third-order valence-electron chi connectivity index (χ3n) is 3.23. The number of carbonyl (C=O) groups excluding carboxylic acids is 1. The van der Waals surface area contributed by atoms with Gasteiger partial charge in [0.25, 0.3) is 5.91 Å². The number of nitrogens with zero attached hydrogens (tertiary/aromatic N) is 1. The molecule has 6 nitrogen and oxygen atoms in total. The Bertz CT molecular complexity index is 714. The molecule has 2 N–H and O–H groups in total. The highest BCUT2D eigenvalue weighted by molar-refractivity contribution is 5.92. The van der Waals surface area contributed by atoms with Gasteiger partial charge in [-0.25, -0.2) is 4.98 Å². The largest absolute Gasteiger partial charge is 0.486 e. The van der Waals surface area contributed by atoms with Gasteiger partial charge in [0.2, 0.25) is 0 Å². The smallest absolute Gasteiger partial charge is 0.270 e. The maximum atomic E-state index is 11.8. The number of nitrogens with one attached hydrogen (secondary N) is 2. The van der Waals surface area contributed by atoms with E-state index >= 15 is 0 Å². The van der Waals surface area contributed by atoms with Crippen molar-refractivity contribution >= 4 is 17.3 Å². The molecule has 0 bridgehead atoms. The predicted octanol–water partition coefficient (Wildman–Crippen LogP) is 2.51. The molecule has 23 heavy (non-hydrogen) atoms. The van der Waals surface area contributed by atoms with Gasteiger partial charge in [-0.3, -0.25) is 4.79 Å². The highest BCUT2D eigenvalue weighted by Gasteiger charge is 2.12. The summed E-state index contributed by atoms with van der Waals surface area (Å²) in [5.41, 5.74) is 2.00. The van der Waals surface area contributed by atoms with Crippen LogP contribution >= 0.6 is 0 Å². The SMILES string of the molecule is C=CCNC(=O)c1ccc(Nc2ccc3c(c2)OCCO3)cn1. The van der Waals surface area contributed by atoms with Gasteiger partial charge in [-0.2, -0.15) is 0 Å². The first-order valence-corrected chi connectivity index (χ1v) is 7.28. The minimum Gasteiger partial charge on any atom is -0.486 e. The molecule has 3 rings (SSSR count). The van der Waals surface area contributed by atoms with Crippen molar-refractivity contribution in [3.05, 3.63) is 54.9 Å². The number of anilines is 2. The average Bonchev–Trinajstić information content (AvgIpc) is 2.60. The molecule has 0 atom stereocenters. The Labute approximate surface area is 134 Å². The van der Waals surface area contributed by atoms with Gasteiger partial charge in [0.1, 0.15) is 18.9 Å². The van der Waals surface area contributed by atoms with E-state index < -0.39 is 0 Å². The van der Waals surface area contributed by atoms with Gasteiger partial charge in [-0.1, -0.05) is 6.08 Å². The number of aromatic nitrogens is 1. The number of rotatable bonds is 5. The van der Waals surface area contributed by atoms with Crippen LogP contribution in [-0.4, -0.2) is 30.6 Å². The Kier molecular flexibility index (Phi) is 4.42. The van der Waals surface area contributed by atoms with Crippen LogP contribution in [0.4, 0.5) is 11.4 Å². The molecule has 1 aromatic heterocycles. The lowest BCUT2D eigenvalue weighted by Crippen LogP contribution is -2.24. The Morgan fingerprint density at radius 2 is 1.96 bits per heavy atom. The zero-order chi connectivity index (χ0) is 16.1. The summed E-state index contributed by atoms with van der Waals surface area (Å²) < 4.78 is 11.0. The van der Waals surface area contributed by atoms with E-state index in [1.165, 1.54) is 0 Å². The molecule has 2 heterocycles. The molecular formula is C17H17N3O3. The van der Waals surface area contributed by atoms with Crippen molar-refractivity contribution in [3.63, 3.8) is 0 Å². The number of benzene rings is 1. The van der Waals surface area contributed by atoms with Crippen LogP contribution in [-0.2, 0) is 0 Å². The van der Waals surface area contributed by atoms with Gasteiger partial charge in [0.15, 0.2) is 11.5 Å². The first kappa shape index (κ1) is 14.9. The first-order chi connectivity index (χ1) is 11.3. The molecule has 1 aromatic carbocycles. The van der Waals surface area contributed by atoms with Crippen molar-refractivity contribution in [2.75, 3.05) is 25.1 Å². The topological polar surface area (TPSA) is 72.5 Å². The summed E-state index contributed by atoms with van der Waals surface area (Å²) in [6.07, 6.45) is 3.23. The zero-order valence-corrected chi connectivity index (χ0v) is 12.5. The highest BCUT2D eigenvalue weighted by Crippen LogP contribution is 2.33. The summed E-state index contributed by atoms with van der Waals surface area (Å²) in [5, 5.41) is 5.90. The molecule has 2 aromatic rings. The number of fused-ring (bicyclic) bond motifs is 1. The monoisotopic (exact) mass is 311 g/mol. The average molecular weight is 311 g/mol. The standard InChI is InChI=1S/C17H17N3O3/c1-2-7-18-17(21)14-5-3-13(11-19-14)20-12-4-6-15-16(10-12)23-9-8-22-15/h2-6,10-11,20H,1,7-9H2,(H,18,21). The Morgan fingerprint density at radius 1 is 1.17 bits per heavy atom. The lowest BCUT2D eigenvalue weighted by atomic mass is 10.2. The molecule has 118 valence electrons. The van der Waals surface area contributed by atoms with E-state index in [-0.39, 0.29) is 5.91 Å². The molecule has 1 aliphatic heterocycles. The summed E-state index contributed by atoms with van der Waals surface area (Å²) in [4.78, 5) is 15.9. The molecular weight excluding hydrogens is 294 g/mol. The zero-order valence-electron chi connectivity index (χ0n) is 12.5. The molecule has 0 radical (unpaired) electrons. The van der Waals surface area contributed by atoms with Gasteiger partial charge >= 0.3 is 0 Å². The van der Waals surface area contributed by atoms with Gasteiger partial charge < -0.3 is 20.1 Å². The molecule has 0 spiro atoms. The summed E-state index contributed by atoms with van der Waals surface area (Å²) in [6.45, 7) is 5.08. The molecule has 6 heteroatoms. The van der Waals surface area contributed by atoms with Gasteiger partial charge in [0.05, 0.1) is 11.9 Å². The second-order valence-corrected chi connectivity index (χ2v) is 4.91. The third kappa shape index (κ3) is 3.60. The maximum absolute atomic E-state index is 11.8. The van der Waals surface area contributed by atoms with Crippen molar-refractivity contribution in [3.8, 4) is 11.5 Å². The van der Waals surface area contributed by atoms with E-state index in [0.29, 0.717) is 25.5 Å². The van der Waals surface area contributed by atoms with Crippen LogP contribution in [0.5, 0.6) is 11.5 Å². The second kappa shape index (κ2) is 6.83. The van der Waals surface area contributed by atoms with E-state index in [4.69, 9.17) is 9.47 Å². The van der Waals surface area contributed by atoms with Crippen LogP contribution in [0.1, 0.15) is 10.5 Å². The summed E-state index contributed by atoms with van der Waals surface area (Å²) >= 11 is 0. The highest BCUT2D eigenvalue weighted by atomic mass is 16.6. The lowest BCUT2D eigenvalue weighted by molar-refractivity contribution is 0.0953. The fourth-order valence-electron chi connectivity index (χ4n) is 2.15. The number of amides is 1. The number of ether oxygens (including phenoxy) is 2. The Hall–Kier alpha value is -3.02. The molecule has 0 fully saturated rings. The molecule has 0 saturated heterocycles. The fourth-order valence-corrected chi connectivity index (χ4v) is 2.15. The van der Waals surface area contributed by atoms with Crippen molar-refractivity contribution < 1.29 is 14.3 Å². The minimum absolute atomic E-state index is 0.226. The maximum Gasteiger partial charge on any atom is 0.270 e. The molecule has 0 saturated carbocycles. The molecule has 1 aliphatic rings. The van der Waals surface area contributed by atoms with E-state index in [9.17, 15) is 4.79 Å². The molecule has 1 amide bonds. The van der Waals surface area contributed by atoms with Gasteiger partial charge in [0, 0.05) is 18.3 Å². The molecule has 0 unspecified atom stereocenters. The van der Waals surface area contributed by atoms with Crippen LogP contribution in [0.2, 0.25) is 0 Å². The summed E-state index contributed by atoms with van der Waals surface area (Å²) in [7, 11) is 0. The van der Waals surface area contributed by atoms with Crippen LogP contribution in [0.15, 0.2) is 49.2 Å². The first-order valence-electron chi connectivity index (χ1n) is 7.28. The van der Waals surface area contributed by atoms with Crippen LogP contribution in [0.3, 0.4) is 0 Å². The number of hydrogen-bond donors (Lipinski definition) is 2. The van der Waals surface area contributed by atoms with E-state index in [1.807, 2.05) is 18.2 Å². The Balaban J connectivity index is 1.68. The third-order valence-corrected chi connectivity index (χ3v) is 3.23. The van der Waals surface area contributed by atoms with Crippen LogP contribution < -0.4 is 20.1 Å². The lowest BCUT2D eigenvalue weighted by Gasteiger charge is -2.19. The van der Waals surface area contributed by atoms with Crippen molar-refractivity contribution in [2.24, 2.45) is 0 Å².